The molecule has 1 unspecified atom stereocenters. The summed E-state index contributed by atoms with van der Waals surface area (Å²) in [6.45, 7) is 2.38. The molecule has 0 aliphatic carbocycles. The van der Waals surface area contributed by atoms with Crippen molar-refractivity contribution in [1.82, 2.24) is 19.5 Å². The molecule has 0 aromatic heterocycles. The Labute approximate surface area is 87.1 Å². The highest BCUT2D eigenvalue weighted by Gasteiger charge is 2.15. The van der Waals surface area contributed by atoms with Crippen molar-refractivity contribution in [2.24, 2.45) is 0 Å². The summed E-state index contributed by atoms with van der Waals surface area (Å²) in [5, 5.41) is 9.55. The Morgan fingerprint density at radius 2 is 2.27 bits per heavy atom. The molecule has 1 atom stereocenters. The first-order valence-electron chi connectivity index (χ1n) is 4.81. The molecule has 0 radical (unpaired) electrons. The molecule has 2 aliphatic heterocycles. The highest BCUT2D eigenvalue weighted by Crippen LogP contribution is 2.21. The maximum atomic E-state index is 9.55. The first kappa shape index (κ1) is 9.85. The van der Waals surface area contributed by atoms with Crippen LogP contribution in [0.3, 0.4) is 0 Å². The number of fused-ring (bicyclic) bond motifs is 1. The Morgan fingerprint density at radius 3 is 3.00 bits per heavy atom. The van der Waals surface area contributed by atoms with Gasteiger partial charge >= 0.3 is 0 Å². The SMILES string of the molecule is CCC(O)Cn1cnc(N)c2ncnc1-2. The third-order valence-corrected chi connectivity index (χ3v) is 2.31. The van der Waals surface area contributed by atoms with E-state index in [2.05, 4.69) is 15.0 Å². The van der Waals surface area contributed by atoms with Crippen LogP contribution in [0.25, 0.3) is 11.5 Å². The topological polar surface area (TPSA) is 89.8 Å². The zero-order valence-electron chi connectivity index (χ0n) is 8.46. The number of hydrogen-bond donors (Lipinski definition) is 2. The van der Waals surface area contributed by atoms with Gasteiger partial charge in [-0.05, 0) is 6.42 Å². The number of anilines is 1. The summed E-state index contributed by atoms with van der Waals surface area (Å²) in [6.07, 6.45) is 3.30. The van der Waals surface area contributed by atoms with Gasteiger partial charge in [0.25, 0.3) is 0 Å². The zero-order valence-corrected chi connectivity index (χ0v) is 8.46. The van der Waals surface area contributed by atoms with Gasteiger partial charge in [0.15, 0.2) is 11.6 Å². The van der Waals surface area contributed by atoms with Crippen molar-refractivity contribution in [3.05, 3.63) is 12.7 Å². The summed E-state index contributed by atoms with van der Waals surface area (Å²) in [5.74, 6) is 1.03. The summed E-state index contributed by atoms with van der Waals surface area (Å²) in [6, 6.07) is 0. The zero-order chi connectivity index (χ0) is 10.8. The number of nitrogens with two attached hydrogens (primary N) is 1. The number of nitrogens with zero attached hydrogens (tertiary/aromatic N) is 4. The van der Waals surface area contributed by atoms with Crippen LogP contribution in [0.2, 0.25) is 0 Å². The molecule has 2 rings (SSSR count). The van der Waals surface area contributed by atoms with Crippen molar-refractivity contribution in [3.63, 3.8) is 0 Å². The number of aromatic nitrogens is 4. The molecule has 0 aromatic rings. The number of aliphatic hydroxyl groups is 1. The van der Waals surface area contributed by atoms with Crippen LogP contribution in [0.1, 0.15) is 13.3 Å². The monoisotopic (exact) mass is 207 g/mol. The van der Waals surface area contributed by atoms with Crippen LogP contribution >= 0.6 is 0 Å². The Hall–Kier alpha value is -1.69. The molecule has 0 saturated carbocycles. The summed E-state index contributed by atoms with van der Waals surface area (Å²) in [7, 11) is 0. The van der Waals surface area contributed by atoms with Crippen molar-refractivity contribution in [1.29, 1.82) is 0 Å². The molecule has 2 heterocycles. The van der Waals surface area contributed by atoms with Gasteiger partial charge in [-0.25, -0.2) is 15.0 Å². The Kier molecular flexibility index (Phi) is 2.51. The molecule has 0 fully saturated rings. The fourth-order valence-corrected chi connectivity index (χ4v) is 1.39. The predicted molar refractivity (Wildman–Crippen MR) is 55.1 cm³/mol. The second kappa shape index (κ2) is 3.82. The average molecular weight is 207 g/mol. The molecule has 80 valence electrons. The molecule has 0 spiro atoms. The van der Waals surface area contributed by atoms with E-state index in [1.807, 2.05) is 6.92 Å². The largest absolute Gasteiger partial charge is 0.391 e. The van der Waals surface area contributed by atoms with Crippen molar-refractivity contribution in [3.8, 4) is 11.5 Å². The van der Waals surface area contributed by atoms with Crippen LogP contribution in [0.4, 0.5) is 5.82 Å². The third-order valence-electron chi connectivity index (χ3n) is 2.31. The Balaban J connectivity index is 2.37. The summed E-state index contributed by atoms with van der Waals surface area (Å²) in [4.78, 5) is 12.1. The van der Waals surface area contributed by atoms with E-state index in [1.54, 1.807) is 10.9 Å². The quantitative estimate of drug-likeness (QED) is 0.746. The minimum absolute atomic E-state index is 0.365. The highest BCUT2D eigenvalue weighted by atomic mass is 16.3. The van der Waals surface area contributed by atoms with Crippen LogP contribution in [0.5, 0.6) is 0 Å². The van der Waals surface area contributed by atoms with E-state index in [9.17, 15) is 5.11 Å². The van der Waals surface area contributed by atoms with Gasteiger partial charge in [-0.1, -0.05) is 6.92 Å². The molecule has 0 aromatic carbocycles. The van der Waals surface area contributed by atoms with E-state index in [1.165, 1.54) is 6.33 Å². The minimum Gasteiger partial charge on any atom is -0.391 e. The van der Waals surface area contributed by atoms with Crippen LogP contribution in [-0.4, -0.2) is 30.7 Å². The Bertz CT molecular complexity index is 427. The predicted octanol–water partition coefficient (Wildman–Crippen LogP) is 0.131. The summed E-state index contributed by atoms with van der Waals surface area (Å²) in [5.41, 5.74) is 6.23. The van der Waals surface area contributed by atoms with Gasteiger partial charge in [0, 0.05) is 0 Å². The molecule has 6 heteroatoms. The smallest absolute Gasteiger partial charge is 0.165 e. The van der Waals surface area contributed by atoms with Gasteiger partial charge in [-0.2, -0.15) is 0 Å². The maximum Gasteiger partial charge on any atom is 0.165 e. The van der Waals surface area contributed by atoms with Gasteiger partial charge in [-0.15, -0.1) is 0 Å². The third kappa shape index (κ3) is 1.75. The van der Waals surface area contributed by atoms with Gasteiger partial charge < -0.3 is 15.4 Å². The molecule has 2 aliphatic rings. The van der Waals surface area contributed by atoms with Crippen LogP contribution in [0, 0.1) is 0 Å². The molecule has 15 heavy (non-hydrogen) atoms. The van der Waals surface area contributed by atoms with E-state index >= 15 is 0 Å². The van der Waals surface area contributed by atoms with Crippen molar-refractivity contribution in [2.75, 3.05) is 5.73 Å². The second-order valence-electron chi connectivity index (χ2n) is 3.39. The number of nitrogen functional groups attached to an aromatic ring is 1. The lowest BCUT2D eigenvalue weighted by Crippen LogP contribution is -2.18. The fraction of sp³-hybridized carbons (Fsp3) is 0.444. The van der Waals surface area contributed by atoms with Gasteiger partial charge in [0.1, 0.15) is 12.0 Å². The lowest BCUT2D eigenvalue weighted by molar-refractivity contribution is 0.149. The average Bonchev–Trinajstić information content (AvgIpc) is 2.71. The standard InChI is InChI=1S/C9H13N5O/c1-2-6(15)3-14-5-13-8(10)7-9(14)12-4-11-7/h4-6,15H,2-3,10H2,1H3. The summed E-state index contributed by atoms with van der Waals surface area (Å²) >= 11 is 0. The second-order valence-corrected chi connectivity index (χ2v) is 3.39. The van der Waals surface area contributed by atoms with Crippen molar-refractivity contribution >= 4 is 5.82 Å². The molecule has 0 bridgehead atoms. The van der Waals surface area contributed by atoms with Crippen LogP contribution in [-0.2, 0) is 6.54 Å². The van der Waals surface area contributed by atoms with Crippen molar-refractivity contribution in [2.45, 2.75) is 26.0 Å². The first-order valence-corrected chi connectivity index (χ1v) is 4.81. The van der Waals surface area contributed by atoms with Gasteiger partial charge in [-0.3, -0.25) is 0 Å². The Morgan fingerprint density at radius 1 is 1.47 bits per heavy atom. The molecular formula is C9H13N5O. The van der Waals surface area contributed by atoms with Crippen LogP contribution in [0.15, 0.2) is 12.7 Å². The molecule has 6 nitrogen and oxygen atoms in total. The van der Waals surface area contributed by atoms with E-state index < -0.39 is 6.10 Å². The number of hydrogen-bond acceptors (Lipinski definition) is 5. The van der Waals surface area contributed by atoms with E-state index in [0.717, 1.165) is 0 Å². The first-order chi connectivity index (χ1) is 7.22. The van der Waals surface area contributed by atoms with E-state index in [0.29, 0.717) is 30.3 Å². The fourth-order valence-electron chi connectivity index (χ4n) is 1.39. The van der Waals surface area contributed by atoms with E-state index in [-0.39, 0.29) is 0 Å². The normalized spacial score (nSPS) is 13.2. The number of rotatable bonds is 3. The van der Waals surface area contributed by atoms with Gasteiger partial charge in [0.05, 0.1) is 19.0 Å². The molecule has 0 saturated heterocycles. The number of aliphatic hydroxyl groups excluding tert-OH is 1. The van der Waals surface area contributed by atoms with Crippen molar-refractivity contribution < 1.29 is 5.11 Å². The molecule has 0 amide bonds. The molecular weight excluding hydrogens is 194 g/mol. The minimum atomic E-state index is -0.402. The lowest BCUT2D eigenvalue weighted by Gasteiger charge is -2.14. The van der Waals surface area contributed by atoms with Gasteiger partial charge in [0.2, 0.25) is 0 Å². The highest BCUT2D eigenvalue weighted by molar-refractivity contribution is 5.64. The summed E-state index contributed by atoms with van der Waals surface area (Å²) < 4.78 is 1.76. The maximum absolute atomic E-state index is 9.55. The van der Waals surface area contributed by atoms with E-state index in [4.69, 9.17) is 5.73 Å². The van der Waals surface area contributed by atoms with Crippen LogP contribution < -0.4 is 5.73 Å². The number of imidazole rings is 1. The molecule has 3 N–H and O–H groups in total. The lowest BCUT2D eigenvalue weighted by atomic mass is 10.2.